The van der Waals surface area contributed by atoms with Crippen LogP contribution < -0.4 is 5.63 Å². The molecular weight excluding hydrogens is 198 g/mol. The van der Waals surface area contributed by atoms with Crippen molar-refractivity contribution < 1.29 is 4.42 Å². The first kappa shape index (κ1) is 8.17. The molecule has 0 fully saturated rings. The molecule has 0 atom stereocenters. The van der Waals surface area contributed by atoms with Gasteiger partial charge in [-0.2, -0.15) is 0 Å². The van der Waals surface area contributed by atoms with E-state index in [4.69, 9.17) is 4.42 Å². The molecule has 3 nitrogen and oxygen atoms in total. The third-order valence-electron chi connectivity index (χ3n) is 2.61. The van der Waals surface area contributed by atoms with Crippen molar-refractivity contribution in [2.45, 2.75) is 26.2 Å². The quantitative estimate of drug-likeness (QED) is 0.664. The average molecular weight is 207 g/mol. The molecule has 1 aliphatic rings. The maximum Gasteiger partial charge on any atom is 0.348 e. The topological polar surface area (TPSA) is 43.1 Å². The number of aryl methyl sites for hydroxylation is 3. The molecule has 0 radical (unpaired) electrons. The van der Waals surface area contributed by atoms with Crippen LogP contribution in [0, 0.1) is 6.92 Å². The van der Waals surface area contributed by atoms with Crippen LogP contribution in [0.4, 0.5) is 0 Å². The Balaban J connectivity index is 2.50. The highest BCUT2D eigenvalue weighted by molar-refractivity contribution is 7.18. The first-order valence-electron chi connectivity index (χ1n) is 4.67. The minimum Gasteiger partial charge on any atom is -0.408 e. The molecule has 14 heavy (non-hydrogen) atoms. The molecule has 0 saturated carbocycles. The number of aromatic nitrogens is 1. The van der Waals surface area contributed by atoms with Crippen molar-refractivity contribution in [3.8, 4) is 0 Å². The number of nitrogens with zero attached hydrogens (tertiary/aromatic N) is 1. The number of fused-ring (bicyclic) bond motifs is 3. The number of rotatable bonds is 0. The lowest BCUT2D eigenvalue weighted by Gasteiger charge is -1.92. The van der Waals surface area contributed by atoms with Crippen molar-refractivity contribution in [1.82, 2.24) is 4.98 Å². The van der Waals surface area contributed by atoms with E-state index >= 15 is 0 Å². The van der Waals surface area contributed by atoms with Crippen molar-refractivity contribution in [2.75, 3.05) is 0 Å². The maximum atomic E-state index is 11.6. The second kappa shape index (κ2) is 2.67. The molecule has 4 heteroatoms. The van der Waals surface area contributed by atoms with Gasteiger partial charge in [0.15, 0.2) is 5.89 Å². The van der Waals surface area contributed by atoms with Gasteiger partial charge < -0.3 is 4.42 Å². The van der Waals surface area contributed by atoms with Gasteiger partial charge in [0.1, 0.15) is 10.2 Å². The van der Waals surface area contributed by atoms with Gasteiger partial charge in [0.2, 0.25) is 0 Å². The average Bonchev–Trinajstić information content (AvgIpc) is 2.60. The van der Waals surface area contributed by atoms with E-state index in [9.17, 15) is 4.79 Å². The molecular formula is C10H9NO2S. The minimum atomic E-state index is -0.216. The molecule has 1 aliphatic carbocycles. The summed E-state index contributed by atoms with van der Waals surface area (Å²) in [4.78, 5) is 18.0. The molecule has 0 aromatic carbocycles. The fourth-order valence-electron chi connectivity index (χ4n) is 2.03. The second-order valence-corrected chi connectivity index (χ2v) is 4.64. The monoisotopic (exact) mass is 207 g/mol. The number of hydrogen-bond donors (Lipinski definition) is 0. The smallest absolute Gasteiger partial charge is 0.348 e. The Kier molecular flexibility index (Phi) is 1.56. The van der Waals surface area contributed by atoms with Crippen molar-refractivity contribution in [3.05, 3.63) is 26.8 Å². The fraction of sp³-hybridized carbons (Fsp3) is 0.400. The first-order valence-corrected chi connectivity index (χ1v) is 5.49. The van der Waals surface area contributed by atoms with Gasteiger partial charge in [-0.05, 0) is 24.8 Å². The van der Waals surface area contributed by atoms with E-state index in [1.165, 1.54) is 10.4 Å². The van der Waals surface area contributed by atoms with Gasteiger partial charge in [-0.25, -0.2) is 9.78 Å². The van der Waals surface area contributed by atoms with Gasteiger partial charge in [0, 0.05) is 11.8 Å². The summed E-state index contributed by atoms with van der Waals surface area (Å²) in [5, 5.41) is 0.730. The summed E-state index contributed by atoms with van der Waals surface area (Å²) in [6.07, 6.45) is 3.25. The lowest BCUT2D eigenvalue weighted by atomic mass is 10.2. The molecule has 0 N–H and O–H groups in total. The highest BCUT2D eigenvalue weighted by Gasteiger charge is 2.21. The van der Waals surface area contributed by atoms with Crippen LogP contribution in [0.2, 0.25) is 0 Å². The largest absolute Gasteiger partial charge is 0.408 e. The van der Waals surface area contributed by atoms with E-state index in [0.717, 1.165) is 29.5 Å². The number of hydrogen-bond acceptors (Lipinski definition) is 4. The highest BCUT2D eigenvalue weighted by atomic mass is 32.1. The van der Waals surface area contributed by atoms with Crippen molar-refractivity contribution in [2.24, 2.45) is 0 Å². The molecule has 0 amide bonds. The highest BCUT2D eigenvalue weighted by Crippen LogP contribution is 2.34. The van der Waals surface area contributed by atoms with Crippen LogP contribution in [-0.2, 0) is 12.8 Å². The molecule has 2 heterocycles. The van der Waals surface area contributed by atoms with Crippen LogP contribution >= 0.6 is 11.3 Å². The molecule has 3 rings (SSSR count). The third kappa shape index (κ3) is 0.973. The van der Waals surface area contributed by atoms with Crippen LogP contribution in [0.15, 0.2) is 9.21 Å². The Labute approximate surface area is 84.4 Å². The lowest BCUT2D eigenvalue weighted by Crippen LogP contribution is -2.02. The molecule has 0 saturated heterocycles. The second-order valence-electron chi connectivity index (χ2n) is 3.56. The molecule has 2 aromatic rings. The van der Waals surface area contributed by atoms with Crippen LogP contribution in [0.25, 0.3) is 10.2 Å². The van der Waals surface area contributed by atoms with E-state index in [2.05, 4.69) is 4.98 Å². The van der Waals surface area contributed by atoms with E-state index in [0.29, 0.717) is 5.89 Å². The van der Waals surface area contributed by atoms with E-state index in [1.807, 2.05) is 0 Å². The SMILES string of the molecule is Cc1nc2sc3c(c2c(=O)o1)CCC3. The summed E-state index contributed by atoms with van der Waals surface area (Å²) in [5.74, 6) is 0.461. The summed E-state index contributed by atoms with van der Waals surface area (Å²) >= 11 is 1.64. The normalized spacial score (nSPS) is 14.9. The molecule has 72 valence electrons. The van der Waals surface area contributed by atoms with Gasteiger partial charge >= 0.3 is 5.63 Å². The standard InChI is InChI=1S/C10H9NO2S/c1-5-11-9-8(10(12)13-5)6-3-2-4-7(6)14-9/h2-4H2,1H3. The summed E-state index contributed by atoms with van der Waals surface area (Å²) < 4.78 is 5.01. The molecule has 0 spiro atoms. The lowest BCUT2D eigenvalue weighted by molar-refractivity contribution is 0.467. The Morgan fingerprint density at radius 2 is 2.29 bits per heavy atom. The minimum absolute atomic E-state index is 0.216. The zero-order valence-electron chi connectivity index (χ0n) is 7.79. The Hall–Kier alpha value is -1.16. The van der Waals surface area contributed by atoms with Crippen LogP contribution in [0.1, 0.15) is 22.8 Å². The van der Waals surface area contributed by atoms with Gasteiger partial charge in [0.05, 0.1) is 0 Å². The Morgan fingerprint density at radius 3 is 3.14 bits per heavy atom. The molecule has 0 aliphatic heterocycles. The van der Waals surface area contributed by atoms with Gasteiger partial charge in [-0.1, -0.05) is 0 Å². The van der Waals surface area contributed by atoms with Gasteiger partial charge in [-0.15, -0.1) is 11.3 Å². The van der Waals surface area contributed by atoms with Crippen LogP contribution in [0.5, 0.6) is 0 Å². The summed E-state index contributed by atoms with van der Waals surface area (Å²) in [6.45, 7) is 1.71. The maximum absolute atomic E-state index is 11.6. The predicted molar refractivity (Wildman–Crippen MR) is 54.9 cm³/mol. The van der Waals surface area contributed by atoms with Crippen molar-refractivity contribution in [3.63, 3.8) is 0 Å². The summed E-state index contributed by atoms with van der Waals surface area (Å²) in [5.41, 5.74) is 0.971. The van der Waals surface area contributed by atoms with Gasteiger partial charge in [-0.3, -0.25) is 0 Å². The molecule has 2 aromatic heterocycles. The van der Waals surface area contributed by atoms with Crippen molar-refractivity contribution in [1.29, 1.82) is 0 Å². The van der Waals surface area contributed by atoms with E-state index in [-0.39, 0.29) is 5.63 Å². The van der Waals surface area contributed by atoms with E-state index in [1.54, 1.807) is 18.3 Å². The van der Waals surface area contributed by atoms with Crippen LogP contribution in [0.3, 0.4) is 0 Å². The van der Waals surface area contributed by atoms with E-state index < -0.39 is 0 Å². The van der Waals surface area contributed by atoms with Gasteiger partial charge in [0.25, 0.3) is 0 Å². The first-order chi connectivity index (χ1) is 6.75. The van der Waals surface area contributed by atoms with Crippen molar-refractivity contribution >= 4 is 21.6 Å². The van der Waals surface area contributed by atoms with Crippen LogP contribution in [-0.4, -0.2) is 4.98 Å². The summed E-state index contributed by atoms with van der Waals surface area (Å²) in [7, 11) is 0. The molecule has 0 unspecified atom stereocenters. The predicted octanol–water partition coefficient (Wildman–Crippen LogP) is 2.05. The summed E-state index contributed by atoms with van der Waals surface area (Å²) in [6, 6.07) is 0. The molecule has 0 bridgehead atoms. The Morgan fingerprint density at radius 1 is 1.43 bits per heavy atom. The fourth-order valence-corrected chi connectivity index (χ4v) is 3.32. The zero-order valence-corrected chi connectivity index (χ0v) is 8.61. The number of thiophene rings is 1. The zero-order chi connectivity index (χ0) is 9.71. The third-order valence-corrected chi connectivity index (χ3v) is 3.79. The Bertz CT molecular complexity index is 567.